The Morgan fingerprint density at radius 3 is 2.39 bits per heavy atom. The molecule has 0 bridgehead atoms. The van der Waals surface area contributed by atoms with Gasteiger partial charge in [0.25, 0.3) is 0 Å². The van der Waals surface area contributed by atoms with E-state index >= 15 is 0 Å². The largest absolute Gasteiger partial charge is 0.382 e. The highest BCUT2D eigenvalue weighted by molar-refractivity contribution is 7.99. The van der Waals surface area contributed by atoms with Crippen molar-refractivity contribution in [2.75, 3.05) is 11.7 Å². The number of aromatic nitrogens is 4. The number of anilines is 1. The number of nitrogens with one attached hydrogen (secondary N) is 1. The summed E-state index contributed by atoms with van der Waals surface area (Å²) >= 11 is 1.34. The highest BCUT2D eigenvalue weighted by Crippen LogP contribution is 2.21. The van der Waals surface area contributed by atoms with Crippen molar-refractivity contribution in [1.29, 1.82) is 0 Å². The van der Waals surface area contributed by atoms with Crippen molar-refractivity contribution in [2.45, 2.75) is 18.3 Å². The molecule has 0 aliphatic heterocycles. The van der Waals surface area contributed by atoms with Crippen molar-refractivity contribution >= 4 is 28.7 Å². The lowest BCUT2D eigenvalue weighted by Crippen LogP contribution is -2.17. The molecule has 0 radical (unpaired) electrons. The molecule has 0 amide bonds. The number of aromatic amines is 1. The molecule has 4 aromatic rings. The van der Waals surface area contributed by atoms with E-state index in [2.05, 4.69) is 15.0 Å². The Morgan fingerprint density at radius 2 is 1.68 bits per heavy atom. The maximum atomic E-state index is 12.4. The summed E-state index contributed by atoms with van der Waals surface area (Å²) in [6.07, 6.45) is 0. The Balaban J connectivity index is 1.51. The number of thioether (sulfide) groups is 1. The summed E-state index contributed by atoms with van der Waals surface area (Å²) in [5.74, 6) is 0.632. The van der Waals surface area contributed by atoms with E-state index in [1.54, 1.807) is 4.57 Å². The van der Waals surface area contributed by atoms with Crippen molar-refractivity contribution in [1.82, 2.24) is 19.5 Å². The molecular formula is C20H19N5O2S. The van der Waals surface area contributed by atoms with Crippen LogP contribution in [-0.4, -0.2) is 25.5 Å². The van der Waals surface area contributed by atoms with E-state index < -0.39 is 0 Å². The molecule has 4 rings (SSSR count). The molecule has 0 fully saturated rings. The number of benzene rings is 2. The summed E-state index contributed by atoms with van der Waals surface area (Å²) in [6.45, 7) is 0.916. The lowest BCUT2D eigenvalue weighted by atomic mass is 10.2. The fourth-order valence-corrected chi connectivity index (χ4v) is 3.42. The van der Waals surface area contributed by atoms with Crippen molar-refractivity contribution in [3.63, 3.8) is 0 Å². The van der Waals surface area contributed by atoms with E-state index in [0.29, 0.717) is 35.4 Å². The van der Waals surface area contributed by atoms with Gasteiger partial charge in [-0.15, -0.1) is 0 Å². The van der Waals surface area contributed by atoms with Gasteiger partial charge in [0.05, 0.1) is 13.2 Å². The van der Waals surface area contributed by atoms with E-state index in [-0.39, 0.29) is 11.5 Å². The molecule has 7 nitrogen and oxygen atoms in total. The van der Waals surface area contributed by atoms with Gasteiger partial charge in [0.1, 0.15) is 11.5 Å². The molecule has 2 aromatic carbocycles. The van der Waals surface area contributed by atoms with Crippen LogP contribution in [0.5, 0.6) is 0 Å². The van der Waals surface area contributed by atoms with E-state index in [9.17, 15) is 4.79 Å². The van der Waals surface area contributed by atoms with Gasteiger partial charge in [-0.1, -0.05) is 72.4 Å². The van der Waals surface area contributed by atoms with Gasteiger partial charge >= 0.3 is 5.69 Å². The third-order valence-corrected chi connectivity index (χ3v) is 4.92. The summed E-state index contributed by atoms with van der Waals surface area (Å²) in [7, 11) is 0. The average Bonchev–Trinajstić information content (AvgIpc) is 3.03. The standard InChI is InChI=1S/C20H19N5O2S/c21-17-16-18(25(20(26)22-16)11-14-7-3-1-4-8-14)24-19(23-17)28-13-27-12-15-9-5-2-6-10-15/h1-10H,11-13H2,(H,22,26)(H2,21,23,24). The lowest BCUT2D eigenvalue weighted by molar-refractivity contribution is 0.169. The number of hydrogen-bond donors (Lipinski definition) is 2. The zero-order valence-corrected chi connectivity index (χ0v) is 15.9. The smallest absolute Gasteiger partial charge is 0.328 e. The predicted octanol–water partition coefficient (Wildman–Crippen LogP) is 3.02. The normalized spacial score (nSPS) is 11.1. The van der Waals surface area contributed by atoms with Crippen LogP contribution in [0.4, 0.5) is 5.82 Å². The SMILES string of the molecule is Nc1nc(SCOCc2ccccc2)nc2c1[nH]c(=O)n2Cc1ccccc1. The van der Waals surface area contributed by atoms with Crippen LogP contribution < -0.4 is 11.4 Å². The highest BCUT2D eigenvalue weighted by atomic mass is 32.2. The first-order valence-electron chi connectivity index (χ1n) is 8.75. The van der Waals surface area contributed by atoms with E-state index in [1.165, 1.54) is 11.8 Å². The lowest BCUT2D eigenvalue weighted by Gasteiger charge is -2.06. The van der Waals surface area contributed by atoms with Crippen LogP contribution in [0.2, 0.25) is 0 Å². The molecule has 0 saturated carbocycles. The van der Waals surface area contributed by atoms with Gasteiger partial charge in [0.15, 0.2) is 16.6 Å². The molecule has 3 N–H and O–H groups in total. The molecular weight excluding hydrogens is 374 g/mol. The Morgan fingerprint density at radius 1 is 1.00 bits per heavy atom. The monoisotopic (exact) mass is 393 g/mol. The number of fused-ring (bicyclic) bond motifs is 1. The highest BCUT2D eigenvalue weighted by Gasteiger charge is 2.14. The number of H-pyrrole nitrogens is 1. The van der Waals surface area contributed by atoms with Crippen molar-refractivity contribution in [3.8, 4) is 0 Å². The van der Waals surface area contributed by atoms with Gasteiger partial charge < -0.3 is 15.5 Å². The first kappa shape index (κ1) is 18.3. The maximum absolute atomic E-state index is 12.4. The maximum Gasteiger partial charge on any atom is 0.328 e. The molecule has 0 unspecified atom stereocenters. The second kappa shape index (κ2) is 8.28. The van der Waals surface area contributed by atoms with Crippen LogP contribution in [0.3, 0.4) is 0 Å². The van der Waals surface area contributed by atoms with E-state index in [0.717, 1.165) is 11.1 Å². The van der Waals surface area contributed by atoms with Crippen LogP contribution in [0.1, 0.15) is 11.1 Å². The van der Waals surface area contributed by atoms with Gasteiger partial charge in [-0.2, -0.15) is 0 Å². The fourth-order valence-electron chi connectivity index (χ4n) is 2.84. The first-order valence-corrected chi connectivity index (χ1v) is 9.73. The van der Waals surface area contributed by atoms with Gasteiger partial charge in [-0.25, -0.2) is 14.8 Å². The Kier molecular flexibility index (Phi) is 5.41. The summed E-state index contributed by atoms with van der Waals surface area (Å²) < 4.78 is 7.24. The fraction of sp³-hybridized carbons (Fsp3) is 0.150. The molecule has 0 aliphatic rings. The molecule has 142 valence electrons. The van der Waals surface area contributed by atoms with Gasteiger partial charge in [0.2, 0.25) is 0 Å². The average molecular weight is 393 g/mol. The predicted molar refractivity (Wildman–Crippen MR) is 110 cm³/mol. The zero-order valence-electron chi connectivity index (χ0n) is 15.0. The second-order valence-corrected chi connectivity index (χ2v) is 7.08. The third kappa shape index (κ3) is 4.08. The van der Waals surface area contributed by atoms with Crippen molar-refractivity contribution in [3.05, 3.63) is 82.3 Å². The number of nitrogen functional groups attached to an aromatic ring is 1. The summed E-state index contributed by atoms with van der Waals surface area (Å²) in [6, 6.07) is 19.7. The zero-order chi connectivity index (χ0) is 19.3. The van der Waals surface area contributed by atoms with Gasteiger partial charge in [-0.3, -0.25) is 4.57 Å². The number of nitrogens with two attached hydrogens (primary N) is 1. The summed E-state index contributed by atoms with van der Waals surface area (Å²) in [5.41, 5.74) is 8.83. The molecule has 0 aliphatic carbocycles. The number of ether oxygens (including phenoxy) is 1. The summed E-state index contributed by atoms with van der Waals surface area (Å²) in [5, 5.41) is 0.471. The topological polar surface area (TPSA) is 98.8 Å². The van der Waals surface area contributed by atoms with Gasteiger partial charge in [-0.05, 0) is 11.1 Å². The Labute approximate surface area is 165 Å². The molecule has 2 heterocycles. The van der Waals surface area contributed by atoms with Crippen LogP contribution in [-0.2, 0) is 17.9 Å². The molecule has 2 aromatic heterocycles. The van der Waals surface area contributed by atoms with Crippen LogP contribution in [0.15, 0.2) is 70.6 Å². The minimum absolute atomic E-state index is 0.250. The minimum atomic E-state index is -0.262. The molecule has 0 saturated heterocycles. The number of rotatable bonds is 7. The first-order chi connectivity index (χ1) is 13.7. The second-order valence-electron chi connectivity index (χ2n) is 6.19. The number of nitrogens with zero attached hydrogens (tertiary/aromatic N) is 3. The van der Waals surface area contributed by atoms with E-state index in [4.69, 9.17) is 10.5 Å². The van der Waals surface area contributed by atoms with E-state index in [1.807, 2.05) is 60.7 Å². The number of imidazole rings is 1. The quantitative estimate of drug-likeness (QED) is 0.217. The van der Waals surface area contributed by atoms with Crippen molar-refractivity contribution < 1.29 is 4.74 Å². The van der Waals surface area contributed by atoms with Crippen LogP contribution in [0, 0.1) is 0 Å². The Bertz CT molecular complexity index is 1130. The van der Waals surface area contributed by atoms with Gasteiger partial charge in [0, 0.05) is 0 Å². The molecule has 8 heteroatoms. The molecule has 28 heavy (non-hydrogen) atoms. The van der Waals surface area contributed by atoms with Crippen LogP contribution >= 0.6 is 11.8 Å². The van der Waals surface area contributed by atoms with Crippen molar-refractivity contribution in [2.24, 2.45) is 0 Å². The third-order valence-electron chi connectivity index (χ3n) is 4.20. The minimum Gasteiger partial charge on any atom is -0.382 e. The van der Waals surface area contributed by atoms with Crippen LogP contribution in [0.25, 0.3) is 11.2 Å². The molecule has 0 atom stereocenters. The number of hydrogen-bond acceptors (Lipinski definition) is 6. The summed E-state index contributed by atoms with van der Waals surface area (Å²) in [4.78, 5) is 23.9. The molecule has 0 spiro atoms. The Hall–Kier alpha value is -3.10.